The van der Waals surface area contributed by atoms with Gasteiger partial charge in [0.15, 0.2) is 4.77 Å². The van der Waals surface area contributed by atoms with E-state index in [0.717, 1.165) is 11.8 Å². The molecule has 9 heteroatoms. The number of carboxylic acid groups (broad SMARTS) is 1. The number of carbonyl (C=O) groups is 1. The van der Waals surface area contributed by atoms with E-state index in [1.165, 1.54) is 6.07 Å². The number of fused-ring (bicyclic) bond motifs is 1. The number of carboxylic acids is 1. The van der Waals surface area contributed by atoms with Gasteiger partial charge in [-0.2, -0.15) is 0 Å². The molecule has 1 aliphatic carbocycles. The summed E-state index contributed by atoms with van der Waals surface area (Å²) in [5, 5.41) is 11.4. The second kappa shape index (κ2) is 8.07. The Morgan fingerprint density at radius 3 is 2.92 bits per heavy atom. The summed E-state index contributed by atoms with van der Waals surface area (Å²) in [5.41, 5.74) is 2.04. The first-order valence-electron chi connectivity index (χ1n) is 7.63. The van der Waals surface area contributed by atoms with Gasteiger partial charge in [-0.15, -0.1) is 12.4 Å². The normalized spacial score (nSPS) is 16.2. The molecule has 136 valence electrons. The highest BCUT2D eigenvalue weighted by atomic mass is 35.5. The molecule has 0 saturated carbocycles. The third-order valence-electron chi connectivity index (χ3n) is 4.22. The van der Waals surface area contributed by atoms with Crippen LogP contribution in [0.2, 0.25) is 0 Å². The van der Waals surface area contributed by atoms with E-state index in [0.29, 0.717) is 41.7 Å². The van der Waals surface area contributed by atoms with Crippen LogP contribution in [0.5, 0.6) is 0 Å². The SMILES string of the molecule is Cl.O=C(O)CNCc1cn([C@H]2CCc3c(F)cc(F)cc3C2)c(=S)[nH]1. The average molecular weight is 390 g/mol. The average Bonchev–Trinajstić information content (AvgIpc) is 2.87. The summed E-state index contributed by atoms with van der Waals surface area (Å²) in [6.45, 7) is 0.219. The Hall–Kier alpha value is -1.77. The van der Waals surface area contributed by atoms with Crippen LogP contribution in [0.4, 0.5) is 8.78 Å². The van der Waals surface area contributed by atoms with Gasteiger partial charge in [0.1, 0.15) is 11.6 Å². The zero-order valence-electron chi connectivity index (χ0n) is 13.2. The first-order valence-corrected chi connectivity index (χ1v) is 8.04. The molecule has 1 aromatic carbocycles. The van der Waals surface area contributed by atoms with Gasteiger partial charge in [-0.3, -0.25) is 4.79 Å². The highest BCUT2D eigenvalue weighted by Gasteiger charge is 2.24. The number of rotatable bonds is 5. The molecule has 1 heterocycles. The molecular weight excluding hydrogens is 372 g/mol. The van der Waals surface area contributed by atoms with Gasteiger partial charge >= 0.3 is 5.97 Å². The smallest absolute Gasteiger partial charge is 0.317 e. The quantitative estimate of drug-likeness (QED) is 0.687. The number of aromatic amines is 1. The fourth-order valence-corrected chi connectivity index (χ4v) is 3.48. The van der Waals surface area contributed by atoms with Gasteiger partial charge in [-0.05, 0) is 48.7 Å². The van der Waals surface area contributed by atoms with Crippen LogP contribution >= 0.6 is 24.6 Å². The fraction of sp³-hybridized carbons (Fsp3) is 0.375. The number of nitrogens with zero attached hydrogens (tertiary/aromatic N) is 1. The van der Waals surface area contributed by atoms with Crippen molar-refractivity contribution in [1.29, 1.82) is 0 Å². The van der Waals surface area contributed by atoms with Crippen LogP contribution < -0.4 is 5.32 Å². The maximum absolute atomic E-state index is 13.8. The van der Waals surface area contributed by atoms with Gasteiger partial charge in [-0.1, -0.05) is 0 Å². The van der Waals surface area contributed by atoms with Crippen LogP contribution in [0.3, 0.4) is 0 Å². The van der Waals surface area contributed by atoms with Crippen molar-refractivity contribution < 1.29 is 18.7 Å². The number of halogens is 3. The van der Waals surface area contributed by atoms with Crippen molar-refractivity contribution in [2.75, 3.05) is 6.54 Å². The van der Waals surface area contributed by atoms with Crippen molar-refractivity contribution in [3.05, 3.63) is 51.6 Å². The monoisotopic (exact) mass is 389 g/mol. The van der Waals surface area contributed by atoms with E-state index in [4.69, 9.17) is 17.3 Å². The second-order valence-electron chi connectivity index (χ2n) is 5.91. The first-order chi connectivity index (χ1) is 11.4. The van der Waals surface area contributed by atoms with Crippen molar-refractivity contribution in [2.24, 2.45) is 0 Å². The Labute approximate surface area is 154 Å². The largest absolute Gasteiger partial charge is 0.480 e. The minimum Gasteiger partial charge on any atom is -0.480 e. The molecule has 0 radical (unpaired) electrons. The molecule has 0 aliphatic heterocycles. The summed E-state index contributed by atoms with van der Waals surface area (Å²) >= 11 is 5.32. The lowest BCUT2D eigenvalue weighted by Gasteiger charge is -2.26. The summed E-state index contributed by atoms with van der Waals surface area (Å²) in [5.74, 6) is -1.98. The van der Waals surface area contributed by atoms with Crippen molar-refractivity contribution in [1.82, 2.24) is 14.9 Å². The Kier molecular flexibility index (Phi) is 6.31. The summed E-state index contributed by atoms with van der Waals surface area (Å²) in [6, 6.07) is 2.33. The lowest BCUT2D eigenvalue weighted by Crippen LogP contribution is -2.22. The summed E-state index contributed by atoms with van der Waals surface area (Å²) < 4.78 is 29.7. The van der Waals surface area contributed by atoms with Gasteiger partial charge in [0, 0.05) is 30.5 Å². The van der Waals surface area contributed by atoms with Crippen molar-refractivity contribution >= 4 is 30.6 Å². The molecule has 3 N–H and O–H groups in total. The summed E-state index contributed by atoms with van der Waals surface area (Å²) in [7, 11) is 0. The number of H-pyrrole nitrogens is 1. The maximum Gasteiger partial charge on any atom is 0.317 e. The van der Waals surface area contributed by atoms with Gasteiger partial charge in [-0.25, -0.2) is 8.78 Å². The van der Waals surface area contributed by atoms with Crippen molar-refractivity contribution in [2.45, 2.75) is 31.8 Å². The van der Waals surface area contributed by atoms with Crippen LogP contribution in [0.15, 0.2) is 18.3 Å². The summed E-state index contributed by atoms with van der Waals surface area (Å²) in [4.78, 5) is 13.6. The maximum atomic E-state index is 13.8. The minimum atomic E-state index is -0.930. The number of aliphatic carboxylic acids is 1. The number of nitrogens with one attached hydrogen (secondary N) is 2. The van der Waals surface area contributed by atoms with Gasteiger partial charge in [0.25, 0.3) is 0 Å². The van der Waals surface area contributed by atoms with E-state index < -0.39 is 17.6 Å². The van der Waals surface area contributed by atoms with Crippen LogP contribution in [0, 0.1) is 16.4 Å². The molecule has 2 aromatic rings. The van der Waals surface area contributed by atoms with Crippen LogP contribution in [0.1, 0.15) is 29.3 Å². The van der Waals surface area contributed by atoms with Crippen LogP contribution in [-0.4, -0.2) is 27.2 Å². The zero-order chi connectivity index (χ0) is 17.3. The van der Waals surface area contributed by atoms with E-state index >= 15 is 0 Å². The lowest BCUT2D eigenvalue weighted by molar-refractivity contribution is -0.136. The topological polar surface area (TPSA) is 70.0 Å². The van der Waals surface area contributed by atoms with E-state index in [9.17, 15) is 13.6 Å². The molecule has 0 saturated heterocycles. The lowest BCUT2D eigenvalue weighted by atomic mass is 9.87. The van der Waals surface area contributed by atoms with Gasteiger partial charge in [0.05, 0.1) is 6.54 Å². The molecule has 0 spiro atoms. The standard InChI is InChI=1S/C16H17F2N3O2S.ClH/c17-10-3-9-4-12(1-2-13(9)14(18)5-10)21-8-11(20-16(21)24)6-19-7-15(22)23;/h3,5,8,12,19H,1-2,4,6-7H2,(H,20,24)(H,22,23);1H/t12-;/m0./s1. The van der Waals surface area contributed by atoms with Crippen LogP contribution in [-0.2, 0) is 24.2 Å². The molecule has 0 fully saturated rings. The Morgan fingerprint density at radius 1 is 1.44 bits per heavy atom. The Bertz CT molecular complexity index is 837. The molecule has 25 heavy (non-hydrogen) atoms. The number of benzene rings is 1. The fourth-order valence-electron chi connectivity index (χ4n) is 3.15. The highest BCUT2D eigenvalue weighted by Crippen LogP contribution is 2.31. The Morgan fingerprint density at radius 2 is 2.20 bits per heavy atom. The number of hydrogen-bond acceptors (Lipinski definition) is 3. The van der Waals surface area contributed by atoms with Crippen LogP contribution in [0.25, 0.3) is 0 Å². The third kappa shape index (κ3) is 4.45. The van der Waals surface area contributed by atoms with Crippen molar-refractivity contribution in [3.8, 4) is 0 Å². The predicted octanol–water partition coefficient (Wildman–Crippen LogP) is 3.15. The zero-order valence-corrected chi connectivity index (χ0v) is 14.9. The molecular formula is C16H18ClF2N3O2S. The molecule has 1 aliphatic rings. The minimum absolute atomic E-state index is 0. The molecule has 5 nitrogen and oxygen atoms in total. The molecule has 1 aromatic heterocycles. The van der Waals surface area contributed by atoms with Gasteiger partial charge < -0.3 is 20.0 Å². The van der Waals surface area contributed by atoms with E-state index in [-0.39, 0.29) is 25.0 Å². The summed E-state index contributed by atoms with van der Waals surface area (Å²) in [6.07, 6.45) is 3.59. The number of imidazole rings is 1. The predicted molar refractivity (Wildman–Crippen MR) is 93.6 cm³/mol. The molecule has 0 bridgehead atoms. The molecule has 0 unspecified atom stereocenters. The second-order valence-corrected chi connectivity index (χ2v) is 6.30. The van der Waals surface area contributed by atoms with Gasteiger partial charge in [0.2, 0.25) is 0 Å². The Balaban J connectivity index is 0.00000225. The molecule has 3 rings (SSSR count). The molecule has 0 amide bonds. The van der Waals surface area contributed by atoms with E-state index in [1.54, 1.807) is 0 Å². The van der Waals surface area contributed by atoms with Crippen molar-refractivity contribution in [3.63, 3.8) is 0 Å². The molecule has 1 atom stereocenters. The first kappa shape index (κ1) is 19.6. The van der Waals surface area contributed by atoms with E-state index in [1.807, 2.05) is 10.8 Å². The number of aromatic nitrogens is 2. The third-order valence-corrected chi connectivity index (χ3v) is 4.53. The number of hydrogen-bond donors (Lipinski definition) is 3. The van der Waals surface area contributed by atoms with E-state index in [2.05, 4.69) is 10.3 Å². The highest BCUT2D eigenvalue weighted by molar-refractivity contribution is 7.71.